The molecule has 28 heavy (non-hydrogen) atoms. The molecule has 5 aromatic rings. The lowest BCUT2D eigenvalue weighted by Crippen LogP contribution is -1.95. The van der Waals surface area contributed by atoms with Crippen LogP contribution in [-0.4, -0.2) is 21.2 Å². The fraction of sp³-hybridized carbons (Fsp3) is 0. The van der Waals surface area contributed by atoms with Gasteiger partial charge in [-0.2, -0.15) is 5.10 Å². The number of benzene rings is 2. The predicted molar refractivity (Wildman–Crippen MR) is 116 cm³/mol. The van der Waals surface area contributed by atoms with E-state index in [0.29, 0.717) is 5.82 Å². The van der Waals surface area contributed by atoms with E-state index in [1.54, 1.807) is 30.1 Å². The van der Waals surface area contributed by atoms with Crippen LogP contribution in [-0.2, 0) is 0 Å². The van der Waals surface area contributed by atoms with Gasteiger partial charge in [-0.1, -0.05) is 42.5 Å². The maximum Gasteiger partial charge on any atom is 0.159 e. The van der Waals surface area contributed by atoms with Crippen LogP contribution in [0.1, 0.15) is 5.56 Å². The fourth-order valence-corrected chi connectivity index (χ4v) is 4.05. The predicted octanol–water partition coefficient (Wildman–Crippen LogP) is 5.35. The van der Waals surface area contributed by atoms with Crippen LogP contribution in [0.3, 0.4) is 0 Å². The van der Waals surface area contributed by atoms with E-state index in [1.165, 1.54) is 0 Å². The van der Waals surface area contributed by atoms with E-state index in [9.17, 15) is 0 Å². The molecule has 0 bridgehead atoms. The number of fused-ring (bicyclic) bond motifs is 2. The summed E-state index contributed by atoms with van der Waals surface area (Å²) in [5, 5.41) is 8.58. The standard InChI is InChI=1S/C22H15N5S/c1-2-5-16(6-3-1)18-13-28-22-20(18)21(24-14-25-22)27-26-12-15-8-9-19-17(11-15)7-4-10-23-19/h1-14H,(H,24,25,27)/b26-12-. The summed E-state index contributed by atoms with van der Waals surface area (Å²) < 4.78 is 0. The quantitative estimate of drug-likeness (QED) is 0.337. The third-order valence-electron chi connectivity index (χ3n) is 4.47. The first-order valence-corrected chi connectivity index (χ1v) is 9.68. The zero-order valence-corrected chi connectivity index (χ0v) is 15.6. The van der Waals surface area contributed by atoms with Gasteiger partial charge in [-0.3, -0.25) is 10.4 Å². The number of rotatable bonds is 4. The van der Waals surface area contributed by atoms with Gasteiger partial charge in [0.1, 0.15) is 11.2 Å². The molecule has 0 atom stereocenters. The second-order valence-electron chi connectivity index (χ2n) is 6.24. The number of thiophene rings is 1. The fourth-order valence-electron chi connectivity index (χ4n) is 3.13. The van der Waals surface area contributed by atoms with Crippen molar-refractivity contribution in [2.24, 2.45) is 5.10 Å². The number of hydrazone groups is 1. The van der Waals surface area contributed by atoms with Crippen molar-refractivity contribution in [2.75, 3.05) is 5.43 Å². The molecule has 0 fully saturated rings. The van der Waals surface area contributed by atoms with Gasteiger partial charge in [0.25, 0.3) is 0 Å². The summed E-state index contributed by atoms with van der Waals surface area (Å²) in [6, 6.07) is 20.3. The van der Waals surface area contributed by atoms with Gasteiger partial charge in [-0.05, 0) is 29.3 Å². The van der Waals surface area contributed by atoms with Crippen molar-refractivity contribution < 1.29 is 0 Å². The minimum absolute atomic E-state index is 0.698. The van der Waals surface area contributed by atoms with Crippen molar-refractivity contribution in [1.29, 1.82) is 0 Å². The van der Waals surface area contributed by atoms with Crippen LogP contribution >= 0.6 is 11.3 Å². The van der Waals surface area contributed by atoms with Gasteiger partial charge in [-0.15, -0.1) is 11.3 Å². The number of nitrogens with one attached hydrogen (secondary N) is 1. The van der Waals surface area contributed by atoms with E-state index in [0.717, 1.165) is 37.8 Å². The van der Waals surface area contributed by atoms with E-state index in [4.69, 9.17) is 0 Å². The molecule has 0 saturated carbocycles. The first-order chi connectivity index (χ1) is 13.9. The molecule has 0 aliphatic heterocycles. The zero-order chi connectivity index (χ0) is 18.8. The summed E-state index contributed by atoms with van der Waals surface area (Å²) >= 11 is 1.60. The van der Waals surface area contributed by atoms with E-state index in [2.05, 4.69) is 49.1 Å². The molecule has 0 spiro atoms. The van der Waals surface area contributed by atoms with Gasteiger partial charge in [0.15, 0.2) is 5.82 Å². The highest BCUT2D eigenvalue weighted by molar-refractivity contribution is 7.17. The zero-order valence-electron chi connectivity index (χ0n) is 14.8. The van der Waals surface area contributed by atoms with Gasteiger partial charge in [0.05, 0.1) is 17.1 Å². The van der Waals surface area contributed by atoms with Crippen molar-refractivity contribution in [3.63, 3.8) is 0 Å². The maximum absolute atomic E-state index is 4.41. The second kappa shape index (κ2) is 7.17. The van der Waals surface area contributed by atoms with Crippen LogP contribution in [0.25, 0.3) is 32.2 Å². The van der Waals surface area contributed by atoms with Gasteiger partial charge >= 0.3 is 0 Å². The van der Waals surface area contributed by atoms with Gasteiger partial charge in [0.2, 0.25) is 0 Å². The molecule has 6 heteroatoms. The Balaban J connectivity index is 1.48. The van der Waals surface area contributed by atoms with Crippen LogP contribution in [0.15, 0.2) is 83.7 Å². The Hall–Kier alpha value is -3.64. The molecule has 134 valence electrons. The molecule has 0 unspecified atom stereocenters. The lowest BCUT2D eigenvalue weighted by atomic mass is 10.1. The number of anilines is 1. The lowest BCUT2D eigenvalue weighted by molar-refractivity contribution is 1.19. The molecule has 0 aliphatic carbocycles. The van der Waals surface area contributed by atoms with Crippen LogP contribution in [0.5, 0.6) is 0 Å². The van der Waals surface area contributed by atoms with Crippen molar-refractivity contribution in [3.05, 3.63) is 84.1 Å². The maximum atomic E-state index is 4.41. The van der Waals surface area contributed by atoms with Crippen molar-refractivity contribution in [1.82, 2.24) is 15.0 Å². The molecule has 3 heterocycles. The Morgan fingerprint density at radius 3 is 2.79 bits per heavy atom. The topological polar surface area (TPSA) is 63.1 Å². The molecule has 0 aliphatic rings. The summed E-state index contributed by atoms with van der Waals surface area (Å²) in [4.78, 5) is 14.1. The monoisotopic (exact) mass is 381 g/mol. The Morgan fingerprint density at radius 2 is 1.86 bits per heavy atom. The van der Waals surface area contributed by atoms with Gasteiger partial charge < -0.3 is 0 Å². The Bertz CT molecular complexity index is 1290. The highest BCUT2D eigenvalue weighted by Crippen LogP contribution is 2.36. The Labute approximate surface area is 165 Å². The molecule has 2 aromatic carbocycles. The first-order valence-electron chi connectivity index (χ1n) is 8.80. The van der Waals surface area contributed by atoms with Crippen LogP contribution < -0.4 is 5.43 Å². The summed E-state index contributed by atoms with van der Waals surface area (Å²) in [7, 11) is 0. The molecule has 0 saturated heterocycles. The SMILES string of the molecule is C(=N/Nc1ncnc2scc(-c3ccccc3)c12)/c1ccc2ncccc2c1. The molecule has 5 rings (SSSR count). The van der Waals surface area contributed by atoms with E-state index in [-0.39, 0.29) is 0 Å². The first kappa shape index (κ1) is 16.5. The lowest BCUT2D eigenvalue weighted by Gasteiger charge is -2.04. The van der Waals surface area contributed by atoms with Crippen LogP contribution in [0.2, 0.25) is 0 Å². The molecule has 0 amide bonds. The molecule has 0 radical (unpaired) electrons. The normalized spacial score (nSPS) is 11.4. The smallest absolute Gasteiger partial charge is 0.159 e. The number of hydrogen-bond acceptors (Lipinski definition) is 6. The minimum atomic E-state index is 0.698. The summed E-state index contributed by atoms with van der Waals surface area (Å²) in [6.07, 6.45) is 5.14. The Morgan fingerprint density at radius 1 is 0.929 bits per heavy atom. The highest BCUT2D eigenvalue weighted by Gasteiger charge is 2.12. The summed E-state index contributed by atoms with van der Waals surface area (Å²) in [5.74, 6) is 0.698. The van der Waals surface area contributed by atoms with E-state index >= 15 is 0 Å². The third-order valence-corrected chi connectivity index (χ3v) is 5.35. The average Bonchev–Trinajstić information content (AvgIpc) is 3.19. The Kier molecular flexibility index (Phi) is 4.23. The van der Waals surface area contributed by atoms with E-state index < -0.39 is 0 Å². The summed E-state index contributed by atoms with van der Waals surface area (Å²) in [5.41, 5.74) is 7.29. The molecule has 1 N–H and O–H groups in total. The molecular formula is C22H15N5S. The second-order valence-corrected chi connectivity index (χ2v) is 7.10. The highest BCUT2D eigenvalue weighted by atomic mass is 32.1. The molecule has 3 aromatic heterocycles. The largest absolute Gasteiger partial charge is 0.261 e. The average molecular weight is 381 g/mol. The van der Waals surface area contributed by atoms with E-state index in [1.807, 2.05) is 42.5 Å². The van der Waals surface area contributed by atoms with Gasteiger partial charge in [0, 0.05) is 22.5 Å². The molecular weight excluding hydrogens is 366 g/mol. The molecule has 5 nitrogen and oxygen atoms in total. The summed E-state index contributed by atoms with van der Waals surface area (Å²) in [6.45, 7) is 0. The van der Waals surface area contributed by atoms with Crippen molar-refractivity contribution in [3.8, 4) is 11.1 Å². The van der Waals surface area contributed by atoms with Crippen LogP contribution in [0.4, 0.5) is 5.82 Å². The number of hydrogen-bond donors (Lipinski definition) is 1. The number of pyridine rings is 1. The third kappa shape index (κ3) is 3.10. The minimum Gasteiger partial charge on any atom is -0.261 e. The van der Waals surface area contributed by atoms with Gasteiger partial charge in [-0.25, -0.2) is 9.97 Å². The van der Waals surface area contributed by atoms with Crippen molar-refractivity contribution >= 4 is 44.5 Å². The number of nitrogens with zero attached hydrogens (tertiary/aromatic N) is 4. The van der Waals surface area contributed by atoms with Crippen molar-refractivity contribution in [2.45, 2.75) is 0 Å². The van der Waals surface area contributed by atoms with Crippen LogP contribution in [0, 0.1) is 0 Å². The number of aromatic nitrogens is 3.